The van der Waals surface area contributed by atoms with Gasteiger partial charge in [0.1, 0.15) is 35.7 Å². The van der Waals surface area contributed by atoms with Crippen LogP contribution in [0.3, 0.4) is 0 Å². The van der Waals surface area contributed by atoms with Crippen LogP contribution in [0.2, 0.25) is 0 Å². The lowest BCUT2D eigenvalue weighted by molar-refractivity contribution is 0.420. The Balaban J connectivity index is 2.10. The van der Waals surface area contributed by atoms with Crippen LogP contribution in [0, 0.1) is 0 Å². The highest BCUT2D eigenvalue weighted by atomic mass is 16.3. The van der Waals surface area contributed by atoms with E-state index in [-0.39, 0.29) is 23.2 Å². The molecule has 0 fully saturated rings. The van der Waals surface area contributed by atoms with Gasteiger partial charge in [-0.05, 0) is 59.5 Å². The molecule has 0 aliphatic rings. The largest absolute Gasteiger partial charge is 0.508 e. The standard InChI is InChI=1S/C26H25N3O3/c1-2-3-24(18-4-10-21(30)11-5-18)26(25-28-16-27-17-29-25,19-6-12-22(31)13-7-19)20-8-14-23(32)15-9-20/h4-17,24,30-32H,2-3H2,1H3. The predicted octanol–water partition coefficient (Wildman–Crippen LogP) is 4.91. The third-order valence-corrected chi connectivity index (χ3v) is 5.89. The number of phenols is 3. The second kappa shape index (κ2) is 9.06. The van der Waals surface area contributed by atoms with Gasteiger partial charge < -0.3 is 15.3 Å². The summed E-state index contributed by atoms with van der Waals surface area (Å²) in [6.45, 7) is 2.12. The van der Waals surface area contributed by atoms with Gasteiger partial charge in [0.15, 0.2) is 0 Å². The number of aromatic nitrogens is 3. The van der Waals surface area contributed by atoms with E-state index >= 15 is 0 Å². The molecule has 1 unspecified atom stereocenters. The number of phenolic OH excluding ortho intramolecular Hbond substituents is 3. The third kappa shape index (κ3) is 3.87. The SMILES string of the molecule is CCCC(c1ccc(O)cc1)C(c1ccc(O)cc1)(c1ccc(O)cc1)c1ncncn1. The maximum atomic E-state index is 9.99. The fourth-order valence-electron chi connectivity index (χ4n) is 4.50. The molecule has 0 amide bonds. The summed E-state index contributed by atoms with van der Waals surface area (Å²) in [7, 11) is 0. The van der Waals surface area contributed by atoms with Crippen molar-refractivity contribution in [2.45, 2.75) is 31.1 Å². The lowest BCUT2D eigenvalue weighted by Crippen LogP contribution is -2.38. The van der Waals surface area contributed by atoms with Crippen molar-refractivity contribution < 1.29 is 15.3 Å². The maximum Gasteiger partial charge on any atom is 0.147 e. The molecule has 0 aliphatic heterocycles. The molecule has 3 aromatic carbocycles. The molecule has 6 nitrogen and oxygen atoms in total. The van der Waals surface area contributed by atoms with E-state index in [0.29, 0.717) is 5.82 Å². The zero-order valence-corrected chi connectivity index (χ0v) is 17.8. The van der Waals surface area contributed by atoms with Gasteiger partial charge in [0, 0.05) is 5.92 Å². The first-order chi connectivity index (χ1) is 15.6. The smallest absolute Gasteiger partial charge is 0.147 e. The van der Waals surface area contributed by atoms with Gasteiger partial charge in [0.2, 0.25) is 0 Å². The van der Waals surface area contributed by atoms with Gasteiger partial charge in [0.05, 0.1) is 5.41 Å². The van der Waals surface area contributed by atoms with Crippen LogP contribution in [-0.4, -0.2) is 30.3 Å². The van der Waals surface area contributed by atoms with E-state index in [1.165, 1.54) is 12.7 Å². The van der Waals surface area contributed by atoms with Crippen molar-refractivity contribution in [3.63, 3.8) is 0 Å². The Morgan fingerprint density at radius 1 is 0.688 bits per heavy atom. The Kier molecular flexibility index (Phi) is 6.03. The van der Waals surface area contributed by atoms with E-state index < -0.39 is 5.41 Å². The Labute approximate surface area is 186 Å². The van der Waals surface area contributed by atoms with Crippen molar-refractivity contribution in [2.24, 2.45) is 0 Å². The van der Waals surface area contributed by atoms with E-state index in [9.17, 15) is 15.3 Å². The van der Waals surface area contributed by atoms with E-state index in [2.05, 4.69) is 21.9 Å². The van der Waals surface area contributed by atoms with Crippen molar-refractivity contribution in [1.29, 1.82) is 0 Å². The molecule has 0 saturated carbocycles. The normalized spacial score (nSPS) is 12.4. The second-order valence-corrected chi connectivity index (χ2v) is 7.80. The molecule has 1 aromatic heterocycles. The van der Waals surface area contributed by atoms with Crippen molar-refractivity contribution in [1.82, 2.24) is 15.0 Å². The highest BCUT2D eigenvalue weighted by Gasteiger charge is 2.46. The van der Waals surface area contributed by atoms with Gasteiger partial charge in [0.25, 0.3) is 0 Å². The van der Waals surface area contributed by atoms with Gasteiger partial charge >= 0.3 is 0 Å². The Morgan fingerprint density at radius 2 is 1.12 bits per heavy atom. The number of aromatic hydroxyl groups is 3. The average molecular weight is 428 g/mol. The van der Waals surface area contributed by atoms with Crippen molar-refractivity contribution in [3.05, 3.63) is 108 Å². The van der Waals surface area contributed by atoms with Crippen LogP contribution in [-0.2, 0) is 5.41 Å². The molecular weight excluding hydrogens is 402 g/mol. The molecule has 4 rings (SSSR count). The zero-order chi connectivity index (χ0) is 22.6. The van der Waals surface area contributed by atoms with E-state index in [0.717, 1.165) is 29.5 Å². The second-order valence-electron chi connectivity index (χ2n) is 7.80. The van der Waals surface area contributed by atoms with E-state index in [4.69, 9.17) is 0 Å². The van der Waals surface area contributed by atoms with Crippen LogP contribution < -0.4 is 0 Å². The molecule has 6 heteroatoms. The average Bonchev–Trinajstić information content (AvgIpc) is 2.82. The quantitative estimate of drug-likeness (QED) is 0.388. The minimum Gasteiger partial charge on any atom is -0.508 e. The van der Waals surface area contributed by atoms with Gasteiger partial charge in [-0.25, -0.2) is 15.0 Å². The molecule has 0 spiro atoms. The summed E-state index contributed by atoms with van der Waals surface area (Å²) in [5, 5.41) is 29.9. The molecule has 32 heavy (non-hydrogen) atoms. The minimum absolute atomic E-state index is 0.107. The topological polar surface area (TPSA) is 99.4 Å². The Hall–Kier alpha value is -3.93. The monoisotopic (exact) mass is 427 g/mol. The van der Waals surface area contributed by atoms with Crippen LogP contribution in [0.15, 0.2) is 85.5 Å². The fourth-order valence-corrected chi connectivity index (χ4v) is 4.50. The molecule has 1 atom stereocenters. The zero-order valence-electron chi connectivity index (χ0n) is 17.8. The lowest BCUT2D eigenvalue weighted by Gasteiger charge is -2.41. The number of nitrogens with zero attached hydrogens (tertiary/aromatic N) is 3. The first-order valence-electron chi connectivity index (χ1n) is 10.6. The number of hydrogen-bond donors (Lipinski definition) is 3. The Morgan fingerprint density at radius 3 is 1.56 bits per heavy atom. The number of rotatable bonds is 7. The molecule has 1 heterocycles. The molecule has 0 aliphatic carbocycles. The van der Waals surface area contributed by atoms with Crippen LogP contribution in [0.4, 0.5) is 0 Å². The summed E-state index contributed by atoms with van der Waals surface area (Å²) in [5.41, 5.74) is 1.99. The Bertz CT molecular complexity index is 1100. The molecule has 3 N–H and O–H groups in total. The van der Waals surface area contributed by atoms with Crippen molar-refractivity contribution in [2.75, 3.05) is 0 Å². The van der Waals surface area contributed by atoms with Crippen molar-refractivity contribution in [3.8, 4) is 17.2 Å². The van der Waals surface area contributed by atoms with E-state index in [1.54, 1.807) is 36.4 Å². The van der Waals surface area contributed by atoms with Gasteiger partial charge in [-0.15, -0.1) is 0 Å². The molecule has 0 radical (unpaired) electrons. The summed E-state index contributed by atoms with van der Waals surface area (Å²) in [4.78, 5) is 13.2. The number of benzene rings is 3. The summed E-state index contributed by atoms with van der Waals surface area (Å²) in [5.74, 6) is 0.991. The summed E-state index contributed by atoms with van der Waals surface area (Å²) in [6.07, 6.45) is 4.67. The highest BCUT2D eigenvalue weighted by Crippen LogP contribution is 2.51. The van der Waals surface area contributed by atoms with Crippen LogP contribution >= 0.6 is 0 Å². The lowest BCUT2D eigenvalue weighted by atomic mass is 9.61. The molecule has 0 bridgehead atoms. The summed E-state index contributed by atoms with van der Waals surface area (Å²) >= 11 is 0. The third-order valence-electron chi connectivity index (χ3n) is 5.89. The van der Waals surface area contributed by atoms with E-state index in [1.807, 2.05) is 36.4 Å². The molecule has 162 valence electrons. The molecule has 0 saturated heterocycles. The predicted molar refractivity (Wildman–Crippen MR) is 122 cm³/mol. The number of hydrogen-bond acceptors (Lipinski definition) is 6. The van der Waals surface area contributed by atoms with Gasteiger partial charge in [-0.3, -0.25) is 0 Å². The van der Waals surface area contributed by atoms with Crippen molar-refractivity contribution >= 4 is 0 Å². The highest BCUT2D eigenvalue weighted by molar-refractivity contribution is 5.53. The van der Waals surface area contributed by atoms with Crippen LogP contribution in [0.25, 0.3) is 0 Å². The van der Waals surface area contributed by atoms with Gasteiger partial charge in [-0.2, -0.15) is 0 Å². The van der Waals surface area contributed by atoms with Gasteiger partial charge in [-0.1, -0.05) is 49.7 Å². The first-order valence-corrected chi connectivity index (χ1v) is 10.6. The summed E-state index contributed by atoms with van der Waals surface area (Å²) < 4.78 is 0. The summed E-state index contributed by atoms with van der Waals surface area (Å²) in [6, 6.07) is 21.4. The van der Waals surface area contributed by atoms with Crippen LogP contribution in [0.1, 0.15) is 48.2 Å². The van der Waals surface area contributed by atoms with Crippen LogP contribution in [0.5, 0.6) is 17.2 Å². The maximum absolute atomic E-state index is 9.99. The molecular formula is C26H25N3O3. The molecule has 4 aromatic rings. The minimum atomic E-state index is -0.836. The first kappa shape index (κ1) is 21.3. The fraction of sp³-hybridized carbons (Fsp3) is 0.192.